The van der Waals surface area contributed by atoms with Crippen LogP contribution in [0.1, 0.15) is 19.8 Å². The monoisotopic (exact) mass is 216 g/mol. The summed E-state index contributed by atoms with van der Waals surface area (Å²) in [5.74, 6) is 6.29. The fourth-order valence-electron chi connectivity index (χ4n) is 1.71. The standard InChI is InChI=1S/C9H20N4S/c1-3-11-9(12-10)13-6-4-5-8(7-13)14-2/h8H,3-7,10H2,1-2H3,(H,11,12). The van der Waals surface area contributed by atoms with Crippen molar-refractivity contribution in [1.29, 1.82) is 0 Å². The number of nitrogens with two attached hydrogens (primary N) is 1. The van der Waals surface area contributed by atoms with Gasteiger partial charge in [0.05, 0.1) is 0 Å². The lowest BCUT2D eigenvalue weighted by molar-refractivity contribution is 0.339. The Hall–Kier alpha value is -0.420. The number of likely N-dealkylation sites (tertiary alicyclic amines) is 1. The second-order valence-electron chi connectivity index (χ2n) is 3.39. The number of rotatable bonds is 2. The largest absolute Gasteiger partial charge is 0.341 e. The number of piperidine rings is 1. The van der Waals surface area contributed by atoms with Crippen molar-refractivity contribution in [2.75, 3.05) is 25.9 Å². The number of hydrazine groups is 1. The van der Waals surface area contributed by atoms with Crippen LogP contribution < -0.4 is 11.3 Å². The van der Waals surface area contributed by atoms with E-state index in [-0.39, 0.29) is 0 Å². The maximum absolute atomic E-state index is 5.45. The fraction of sp³-hybridized carbons (Fsp3) is 0.889. The van der Waals surface area contributed by atoms with Gasteiger partial charge < -0.3 is 4.90 Å². The topological polar surface area (TPSA) is 53.6 Å². The van der Waals surface area contributed by atoms with Gasteiger partial charge in [-0.15, -0.1) is 0 Å². The highest BCUT2D eigenvalue weighted by Gasteiger charge is 2.20. The van der Waals surface area contributed by atoms with Crippen LogP contribution in [0.2, 0.25) is 0 Å². The molecule has 1 aliphatic rings. The van der Waals surface area contributed by atoms with Crippen molar-refractivity contribution >= 4 is 17.7 Å². The van der Waals surface area contributed by atoms with E-state index in [9.17, 15) is 0 Å². The quantitative estimate of drug-likeness (QED) is 0.308. The van der Waals surface area contributed by atoms with Crippen molar-refractivity contribution in [3.63, 3.8) is 0 Å². The Morgan fingerprint density at radius 1 is 1.71 bits per heavy atom. The highest BCUT2D eigenvalue weighted by Crippen LogP contribution is 2.19. The van der Waals surface area contributed by atoms with Gasteiger partial charge in [-0.2, -0.15) is 11.8 Å². The van der Waals surface area contributed by atoms with E-state index in [4.69, 9.17) is 5.84 Å². The lowest BCUT2D eigenvalue weighted by Crippen LogP contribution is -2.49. The maximum Gasteiger partial charge on any atom is 0.208 e. The predicted octanol–water partition coefficient (Wildman–Crippen LogP) is 0.653. The Labute approximate surface area is 90.3 Å². The van der Waals surface area contributed by atoms with Crippen LogP contribution in [0.25, 0.3) is 0 Å². The van der Waals surface area contributed by atoms with Crippen LogP contribution in [-0.4, -0.2) is 42.0 Å². The lowest BCUT2D eigenvalue weighted by atomic mass is 10.1. The van der Waals surface area contributed by atoms with Crippen molar-refractivity contribution < 1.29 is 0 Å². The predicted molar refractivity (Wildman–Crippen MR) is 63.4 cm³/mol. The van der Waals surface area contributed by atoms with E-state index < -0.39 is 0 Å². The van der Waals surface area contributed by atoms with Crippen LogP contribution in [0, 0.1) is 0 Å². The summed E-state index contributed by atoms with van der Waals surface area (Å²) in [6.45, 7) is 4.93. The third-order valence-electron chi connectivity index (χ3n) is 2.45. The van der Waals surface area contributed by atoms with Crippen LogP contribution in [0.15, 0.2) is 4.99 Å². The van der Waals surface area contributed by atoms with E-state index in [1.165, 1.54) is 12.8 Å². The molecule has 0 aliphatic carbocycles. The summed E-state index contributed by atoms with van der Waals surface area (Å²) in [6.07, 6.45) is 4.71. The van der Waals surface area contributed by atoms with Crippen LogP contribution in [-0.2, 0) is 0 Å². The van der Waals surface area contributed by atoms with Gasteiger partial charge in [-0.3, -0.25) is 10.4 Å². The molecule has 0 aromatic carbocycles. The van der Waals surface area contributed by atoms with Crippen LogP contribution in [0.5, 0.6) is 0 Å². The van der Waals surface area contributed by atoms with Crippen molar-refractivity contribution in [2.45, 2.75) is 25.0 Å². The second-order valence-corrected chi connectivity index (χ2v) is 4.53. The molecule has 3 N–H and O–H groups in total. The first kappa shape index (κ1) is 11.7. The Balaban J connectivity index is 2.53. The van der Waals surface area contributed by atoms with E-state index in [1.807, 2.05) is 18.7 Å². The van der Waals surface area contributed by atoms with Crippen molar-refractivity contribution in [3.8, 4) is 0 Å². The van der Waals surface area contributed by atoms with Crippen LogP contribution in [0.3, 0.4) is 0 Å². The zero-order chi connectivity index (χ0) is 10.4. The fourth-order valence-corrected chi connectivity index (χ4v) is 2.44. The van der Waals surface area contributed by atoms with E-state index in [1.54, 1.807) is 0 Å². The van der Waals surface area contributed by atoms with Crippen LogP contribution in [0.4, 0.5) is 0 Å². The van der Waals surface area contributed by atoms with Crippen molar-refractivity contribution in [1.82, 2.24) is 10.3 Å². The Morgan fingerprint density at radius 2 is 2.50 bits per heavy atom. The molecule has 1 rings (SSSR count). The average molecular weight is 216 g/mol. The van der Waals surface area contributed by atoms with E-state index in [0.717, 1.165) is 30.8 Å². The summed E-state index contributed by atoms with van der Waals surface area (Å²) < 4.78 is 0. The van der Waals surface area contributed by atoms with Gasteiger partial charge in [0.1, 0.15) is 0 Å². The van der Waals surface area contributed by atoms with E-state index in [0.29, 0.717) is 0 Å². The third kappa shape index (κ3) is 3.06. The second kappa shape index (κ2) is 6.14. The number of nitrogens with one attached hydrogen (secondary N) is 1. The molecule has 0 aromatic rings. The number of guanidine groups is 1. The molecule has 1 aliphatic heterocycles. The Morgan fingerprint density at radius 3 is 3.07 bits per heavy atom. The average Bonchev–Trinajstić information content (AvgIpc) is 2.26. The van der Waals surface area contributed by atoms with Gasteiger partial charge in [-0.05, 0) is 26.0 Å². The Bertz CT molecular complexity index is 195. The lowest BCUT2D eigenvalue weighted by Gasteiger charge is -2.33. The SMILES string of the molecule is CCN=C(NN)N1CCCC(SC)C1. The minimum absolute atomic E-state index is 0.721. The summed E-state index contributed by atoms with van der Waals surface area (Å²) in [7, 11) is 0. The first-order chi connectivity index (χ1) is 6.81. The number of hydrogen-bond donors (Lipinski definition) is 2. The molecular formula is C9H20N4S. The summed E-state index contributed by atoms with van der Waals surface area (Å²) >= 11 is 1.93. The molecule has 0 saturated carbocycles. The molecule has 1 unspecified atom stereocenters. The maximum atomic E-state index is 5.45. The van der Waals surface area contributed by atoms with Gasteiger partial charge >= 0.3 is 0 Å². The van der Waals surface area contributed by atoms with E-state index in [2.05, 4.69) is 21.6 Å². The number of hydrogen-bond acceptors (Lipinski definition) is 3. The number of thioether (sulfide) groups is 1. The molecule has 1 fully saturated rings. The molecule has 0 aromatic heterocycles. The van der Waals surface area contributed by atoms with Gasteiger partial charge in [-0.25, -0.2) is 5.84 Å². The van der Waals surface area contributed by atoms with E-state index >= 15 is 0 Å². The molecule has 1 atom stereocenters. The van der Waals surface area contributed by atoms with Gasteiger partial charge in [0.2, 0.25) is 5.96 Å². The van der Waals surface area contributed by atoms with Gasteiger partial charge in [-0.1, -0.05) is 0 Å². The minimum atomic E-state index is 0.721. The molecule has 0 bridgehead atoms. The summed E-state index contributed by atoms with van der Waals surface area (Å²) in [4.78, 5) is 6.58. The van der Waals surface area contributed by atoms with Gasteiger partial charge in [0, 0.05) is 24.9 Å². The molecule has 5 heteroatoms. The third-order valence-corrected chi connectivity index (χ3v) is 3.50. The number of nitrogens with zero attached hydrogens (tertiary/aromatic N) is 2. The molecule has 1 saturated heterocycles. The van der Waals surface area contributed by atoms with Gasteiger partial charge in [0.25, 0.3) is 0 Å². The molecule has 14 heavy (non-hydrogen) atoms. The first-order valence-electron chi connectivity index (χ1n) is 5.10. The normalized spacial score (nSPS) is 23.8. The zero-order valence-electron chi connectivity index (χ0n) is 8.99. The molecule has 1 heterocycles. The summed E-state index contributed by atoms with van der Waals surface area (Å²) in [5.41, 5.74) is 2.68. The minimum Gasteiger partial charge on any atom is -0.341 e. The molecule has 0 amide bonds. The highest BCUT2D eigenvalue weighted by molar-refractivity contribution is 7.99. The number of aliphatic imine (C=N–C) groups is 1. The zero-order valence-corrected chi connectivity index (χ0v) is 9.81. The summed E-state index contributed by atoms with van der Waals surface area (Å²) in [5, 5.41) is 0.721. The summed E-state index contributed by atoms with van der Waals surface area (Å²) in [6, 6.07) is 0. The molecule has 82 valence electrons. The van der Waals surface area contributed by atoms with Gasteiger partial charge in [0.15, 0.2) is 0 Å². The molecule has 0 spiro atoms. The molecular weight excluding hydrogens is 196 g/mol. The Kier molecular flexibility index (Phi) is 5.11. The van der Waals surface area contributed by atoms with Crippen molar-refractivity contribution in [2.24, 2.45) is 10.8 Å². The first-order valence-corrected chi connectivity index (χ1v) is 6.39. The van der Waals surface area contributed by atoms with Crippen LogP contribution >= 0.6 is 11.8 Å². The van der Waals surface area contributed by atoms with Crippen molar-refractivity contribution in [3.05, 3.63) is 0 Å². The smallest absolute Gasteiger partial charge is 0.208 e. The molecule has 0 radical (unpaired) electrons. The molecule has 4 nitrogen and oxygen atoms in total. The highest BCUT2D eigenvalue weighted by atomic mass is 32.2.